The van der Waals surface area contributed by atoms with Gasteiger partial charge in [-0.3, -0.25) is 4.79 Å². The maximum atomic E-state index is 12.0. The Bertz CT molecular complexity index is 805. The van der Waals surface area contributed by atoms with E-state index < -0.39 is 79.3 Å². The summed E-state index contributed by atoms with van der Waals surface area (Å²) in [5.74, 6) is -0.139. The van der Waals surface area contributed by atoms with Gasteiger partial charge in [0.2, 0.25) is 12.2 Å². The summed E-state index contributed by atoms with van der Waals surface area (Å²) < 4.78 is 23.5. The van der Waals surface area contributed by atoms with Crippen molar-refractivity contribution in [3.8, 4) is 0 Å². The molecule has 0 aromatic carbocycles. The summed E-state index contributed by atoms with van der Waals surface area (Å²) in [5.41, 5.74) is 11.2. The fourth-order valence-electron chi connectivity index (χ4n) is 5.06. The highest BCUT2D eigenvalue weighted by Crippen LogP contribution is 2.32. The lowest BCUT2D eigenvalue weighted by Gasteiger charge is -2.48. The van der Waals surface area contributed by atoms with Crippen LogP contribution in [0.25, 0.3) is 0 Å². The van der Waals surface area contributed by atoms with Crippen LogP contribution in [0.3, 0.4) is 0 Å². The Morgan fingerprint density at radius 1 is 1.16 bits per heavy atom. The molecular formula is C23H43N5O10. The summed E-state index contributed by atoms with van der Waals surface area (Å²) in [5, 5.41) is 59.4. The molecule has 2 aliphatic heterocycles. The Morgan fingerprint density at radius 3 is 2.53 bits per heavy atom. The molecule has 0 aromatic heterocycles. The van der Waals surface area contributed by atoms with E-state index in [0.29, 0.717) is 25.3 Å². The van der Waals surface area contributed by atoms with E-state index in [2.05, 4.69) is 16.0 Å². The number of hydrogen-bond acceptors (Lipinski definition) is 14. The van der Waals surface area contributed by atoms with Gasteiger partial charge in [-0.1, -0.05) is 0 Å². The molecule has 3 rings (SSSR count). The molecule has 1 saturated heterocycles. The summed E-state index contributed by atoms with van der Waals surface area (Å²) in [6.45, 7) is 1.25. The zero-order chi connectivity index (χ0) is 28.0. The van der Waals surface area contributed by atoms with Crippen LogP contribution in [0.1, 0.15) is 19.8 Å². The minimum absolute atomic E-state index is 0.0305. The third-order valence-electron chi connectivity index (χ3n) is 7.05. The van der Waals surface area contributed by atoms with E-state index in [1.165, 1.54) is 6.92 Å². The second-order valence-corrected chi connectivity index (χ2v) is 10.2. The molecule has 0 bridgehead atoms. The fraction of sp³-hybridized carbons (Fsp3) is 0.870. The number of aliphatic hydroxyl groups excluding tert-OH is 4. The van der Waals surface area contributed by atoms with Crippen molar-refractivity contribution >= 4 is 5.91 Å². The van der Waals surface area contributed by atoms with Gasteiger partial charge in [0.05, 0.1) is 37.9 Å². The van der Waals surface area contributed by atoms with E-state index in [9.17, 15) is 25.2 Å². The molecule has 220 valence electrons. The Labute approximate surface area is 221 Å². The summed E-state index contributed by atoms with van der Waals surface area (Å²) in [6, 6.07) is -3.00. The molecule has 1 aliphatic carbocycles. The molecule has 1 amide bonds. The van der Waals surface area contributed by atoms with Gasteiger partial charge in [-0.25, -0.2) is 0 Å². The highest BCUT2D eigenvalue weighted by molar-refractivity contribution is 5.77. The van der Waals surface area contributed by atoms with Gasteiger partial charge < -0.3 is 71.9 Å². The number of carbonyl (C=O) groups is 1. The smallest absolute Gasteiger partial charge is 0.246 e. The molecule has 2 heterocycles. The lowest BCUT2D eigenvalue weighted by molar-refractivity contribution is -0.304. The van der Waals surface area contributed by atoms with Crippen LogP contribution in [0.15, 0.2) is 11.8 Å². The van der Waals surface area contributed by atoms with E-state index in [4.69, 9.17) is 35.5 Å². The van der Waals surface area contributed by atoms with Crippen molar-refractivity contribution in [1.82, 2.24) is 16.0 Å². The van der Waals surface area contributed by atoms with E-state index in [-0.39, 0.29) is 19.6 Å². The highest BCUT2D eigenvalue weighted by Gasteiger charge is 2.51. The van der Waals surface area contributed by atoms with E-state index in [1.54, 1.807) is 7.05 Å². The number of carbonyl (C=O) groups excluding carboxylic acids is 1. The second kappa shape index (κ2) is 13.7. The van der Waals surface area contributed by atoms with Gasteiger partial charge in [0.25, 0.3) is 0 Å². The van der Waals surface area contributed by atoms with E-state index >= 15 is 0 Å². The molecule has 12 N–H and O–H groups in total. The number of likely N-dealkylation sites (N-methyl/N-ethyl adjacent to an activating group) is 1. The molecule has 15 heteroatoms. The molecule has 0 unspecified atom stereocenters. The average Bonchev–Trinajstić information content (AvgIpc) is 2.87. The third-order valence-corrected chi connectivity index (χ3v) is 7.05. The van der Waals surface area contributed by atoms with Crippen molar-refractivity contribution in [2.24, 2.45) is 11.5 Å². The van der Waals surface area contributed by atoms with Crippen molar-refractivity contribution in [3.05, 3.63) is 11.8 Å². The van der Waals surface area contributed by atoms with Crippen molar-refractivity contribution in [2.75, 3.05) is 40.0 Å². The molecule has 2 fully saturated rings. The molecule has 15 nitrogen and oxygen atoms in total. The Kier molecular flexibility index (Phi) is 11.2. The summed E-state index contributed by atoms with van der Waals surface area (Å²) in [6.07, 6.45) is -4.81. The molecule has 0 radical (unpaired) electrons. The summed E-state index contributed by atoms with van der Waals surface area (Å²) in [4.78, 5) is 12.0. The highest BCUT2D eigenvalue weighted by atomic mass is 16.7. The lowest BCUT2D eigenvalue weighted by atomic mass is 9.83. The van der Waals surface area contributed by atoms with Gasteiger partial charge in [-0.15, -0.1) is 0 Å². The van der Waals surface area contributed by atoms with Gasteiger partial charge >= 0.3 is 0 Å². The molecule has 3 aliphatic rings. The van der Waals surface area contributed by atoms with Crippen molar-refractivity contribution in [2.45, 2.75) is 86.5 Å². The topological polar surface area (TPSA) is 243 Å². The minimum Gasteiger partial charge on any atom is -0.467 e. The summed E-state index contributed by atoms with van der Waals surface area (Å²) in [7, 11) is 1.57. The molecule has 0 spiro atoms. The van der Waals surface area contributed by atoms with Gasteiger partial charge in [0.1, 0.15) is 42.4 Å². The van der Waals surface area contributed by atoms with Crippen molar-refractivity contribution in [3.63, 3.8) is 0 Å². The standard InChI is InChI=1S/C23H43N5O10/c1-23(34)10-35-22(17(33)20(23)26-2)38-19-14(28-15(31)9-30)7-13(25)18(16(19)32)37-21-12(24)4-3-11(36-21)8-27-5-6-29/h3,12-14,16-22,26-27,29-30,32-34H,4-10,24-25H2,1-2H3,(H,28,31)/t12-,13+,14-,16+,17-,18-,19+,20-,21-,22-,23+/m1/s1. The second-order valence-electron chi connectivity index (χ2n) is 10.2. The molecule has 11 atom stereocenters. The van der Waals surface area contributed by atoms with Crippen LogP contribution in [-0.2, 0) is 23.7 Å². The summed E-state index contributed by atoms with van der Waals surface area (Å²) >= 11 is 0. The van der Waals surface area contributed by atoms with E-state index in [0.717, 1.165) is 0 Å². The first kappa shape index (κ1) is 31.1. The first-order valence-corrected chi connectivity index (χ1v) is 12.8. The number of rotatable bonds is 11. The Hall–Kier alpha value is -1.47. The van der Waals surface area contributed by atoms with Crippen LogP contribution in [0.4, 0.5) is 0 Å². The number of aliphatic hydroxyl groups is 5. The predicted molar refractivity (Wildman–Crippen MR) is 132 cm³/mol. The van der Waals surface area contributed by atoms with Crippen LogP contribution in [0.5, 0.6) is 0 Å². The van der Waals surface area contributed by atoms with Crippen LogP contribution in [-0.4, -0.2) is 138 Å². The molecule has 1 saturated carbocycles. The lowest BCUT2D eigenvalue weighted by Crippen LogP contribution is -2.69. The fourth-order valence-corrected chi connectivity index (χ4v) is 5.06. The molecular weight excluding hydrogens is 506 g/mol. The number of nitrogens with one attached hydrogen (secondary N) is 3. The molecule has 38 heavy (non-hydrogen) atoms. The van der Waals surface area contributed by atoms with Crippen LogP contribution >= 0.6 is 0 Å². The molecule has 0 aromatic rings. The maximum absolute atomic E-state index is 12.0. The largest absolute Gasteiger partial charge is 0.467 e. The Morgan fingerprint density at radius 2 is 1.87 bits per heavy atom. The predicted octanol–water partition coefficient (Wildman–Crippen LogP) is -5.08. The van der Waals surface area contributed by atoms with Crippen LogP contribution in [0, 0.1) is 0 Å². The first-order chi connectivity index (χ1) is 18.0. The van der Waals surface area contributed by atoms with Crippen molar-refractivity contribution in [1.29, 1.82) is 0 Å². The third kappa shape index (κ3) is 7.38. The van der Waals surface area contributed by atoms with Gasteiger partial charge in [-0.2, -0.15) is 0 Å². The monoisotopic (exact) mass is 549 g/mol. The van der Waals surface area contributed by atoms with Crippen molar-refractivity contribution < 1.29 is 49.3 Å². The number of hydrogen-bond donors (Lipinski definition) is 10. The van der Waals surface area contributed by atoms with Gasteiger partial charge in [-0.05, 0) is 32.9 Å². The van der Waals surface area contributed by atoms with Crippen LogP contribution in [0.2, 0.25) is 0 Å². The van der Waals surface area contributed by atoms with Gasteiger partial charge in [0.15, 0.2) is 6.29 Å². The van der Waals surface area contributed by atoms with Crippen LogP contribution < -0.4 is 27.4 Å². The van der Waals surface area contributed by atoms with Gasteiger partial charge in [0, 0.05) is 12.6 Å². The quantitative estimate of drug-likeness (QED) is 0.108. The zero-order valence-electron chi connectivity index (χ0n) is 21.7. The van der Waals surface area contributed by atoms with E-state index in [1.807, 2.05) is 6.08 Å². The number of ether oxygens (including phenoxy) is 4. The zero-order valence-corrected chi connectivity index (χ0v) is 21.7. The first-order valence-electron chi connectivity index (χ1n) is 12.8. The maximum Gasteiger partial charge on any atom is 0.246 e. The minimum atomic E-state index is -1.42. The number of nitrogens with two attached hydrogens (primary N) is 2. The average molecular weight is 550 g/mol. The SMILES string of the molecule is CN[C@@H]1[C@@H](O)[C@@H](O[C@@H]2[C@@H](O)[C@H](O[C@H]3OC(CNCCO)=CC[C@H]3N)[C@@H](N)C[C@H]2NC(=O)CO)OC[C@]1(C)O. The number of amides is 1. The Balaban J connectivity index is 1.76. The normalized spacial score (nSPS) is 41.8.